The molecule has 1 saturated carbocycles. The second-order valence-corrected chi connectivity index (χ2v) is 4.17. The first-order valence-corrected chi connectivity index (χ1v) is 5.72. The Kier molecular flexibility index (Phi) is 3.62. The molecule has 1 aromatic carbocycles. The number of carboxylic acid groups (broad SMARTS) is 1. The molecule has 2 amide bonds. The van der Waals surface area contributed by atoms with Gasteiger partial charge in [-0.25, -0.2) is 9.59 Å². The molecule has 0 aromatic heterocycles. The molecule has 0 bridgehead atoms. The number of hydrogen-bond acceptors (Lipinski definition) is 2. The number of carbonyl (C=O) groups excluding carboxylic acids is 1. The highest BCUT2D eigenvalue weighted by Crippen LogP contribution is 2.19. The number of anilines is 1. The lowest BCUT2D eigenvalue weighted by molar-refractivity contribution is -0.131. The van der Waals surface area contributed by atoms with E-state index in [0.29, 0.717) is 11.7 Å². The summed E-state index contributed by atoms with van der Waals surface area (Å²) in [5.74, 6) is -1.00. The van der Waals surface area contributed by atoms with Gasteiger partial charge in [0.25, 0.3) is 0 Å². The number of nitrogens with one attached hydrogen (secondary N) is 2. The lowest BCUT2D eigenvalue weighted by Gasteiger charge is -2.06. The van der Waals surface area contributed by atoms with Crippen LogP contribution in [0.1, 0.15) is 18.4 Å². The number of hydrogen-bond donors (Lipinski definition) is 3. The lowest BCUT2D eigenvalue weighted by Crippen LogP contribution is -2.30. The zero-order valence-corrected chi connectivity index (χ0v) is 9.72. The second-order valence-electron chi connectivity index (χ2n) is 4.17. The van der Waals surface area contributed by atoms with Crippen LogP contribution in [-0.4, -0.2) is 23.1 Å². The van der Waals surface area contributed by atoms with Crippen LogP contribution in [0.25, 0.3) is 6.08 Å². The van der Waals surface area contributed by atoms with Crippen molar-refractivity contribution in [2.75, 3.05) is 5.32 Å². The molecule has 1 aromatic rings. The van der Waals surface area contributed by atoms with Crippen LogP contribution in [0.3, 0.4) is 0 Å². The van der Waals surface area contributed by atoms with Crippen molar-refractivity contribution in [1.29, 1.82) is 0 Å². The molecule has 0 atom stereocenters. The number of aliphatic carboxylic acids is 1. The number of amides is 2. The summed E-state index contributed by atoms with van der Waals surface area (Å²) in [7, 11) is 0. The van der Waals surface area contributed by atoms with Crippen LogP contribution in [0.5, 0.6) is 0 Å². The van der Waals surface area contributed by atoms with Crippen molar-refractivity contribution in [3.63, 3.8) is 0 Å². The van der Waals surface area contributed by atoms with E-state index in [-0.39, 0.29) is 6.03 Å². The van der Waals surface area contributed by atoms with Gasteiger partial charge in [-0.05, 0) is 36.6 Å². The van der Waals surface area contributed by atoms with Crippen LogP contribution >= 0.6 is 0 Å². The van der Waals surface area contributed by atoms with E-state index in [0.717, 1.165) is 24.5 Å². The van der Waals surface area contributed by atoms with Gasteiger partial charge in [-0.15, -0.1) is 0 Å². The first kappa shape index (κ1) is 12.2. The summed E-state index contributed by atoms with van der Waals surface area (Å²) in [6.45, 7) is 0. The fourth-order valence-electron chi connectivity index (χ4n) is 1.47. The molecular weight excluding hydrogens is 232 g/mol. The van der Waals surface area contributed by atoms with E-state index < -0.39 is 5.97 Å². The van der Waals surface area contributed by atoms with Crippen LogP contribution in [0.15, 0.2) is 30.3 Å². The van der Waals surface area contributed by atoms with Gasteiger partial charge in [-0.3, -0.25) is 0 Å². The predicted octanol–water partition coefficient (Wildman–Crippen LogP) is 2.07. The highest BCUT2D eigenvalue weighted by atomic mass is 16.4. The van der Waals surface area contributed by atoms with E-state index in [9.17, 15) is 9.59 Å². The fourth-order valence-corrected chi connectivity index (χ4v) is 1.47. The van der Waals surface area contributed by atoms with E-state index in [2.05, 4.69) is 10.6 Å². The standard InChI is InChI=1S/C13H14N2O3/c16-12(17)7-4-9-2-1-3-11(8-9)15-13(18)14-10-5-6-10/h1-4,7-8,10H,5-6H2,(H,16,17)(H2,14,15,18). The van der Waals surface area contributed by atoms with Crippen molar-refractivity contribution in [3.05, 3.63) is 35.9 Å². The molecule has 0 saturated heterocycles. The molecule has 0 heterocycles. The minimum atomic E-state index is -1.00. The monoisotopic (exact) mass is 246 g/mol. The van der Waals surface area contributed by atoms with Gasteiger partial charge in [0.1, 0.15) is 0 Å². The topological polar surface area (TPSA) is 78.4 Å². The second kappa shape index (κ2) is 5.35. The summed E-state index contributed by atoms with van der Waals surface area (Å²) in [5.41, 5.74) is 1.36. The van der Waals surface area contributed by atoms with Crippen molar-refractivity contribution >= 4 is 23.8 Å². The third-order valence-electron chi connectivity index (χ3n) is 2.48. The zero-order valence-electron chi connectivity index (χ0n) is 9.72. The molecule has 5 nitrogen and oxygen atoms in total. The fraction of sp³-hybridized carbons (Fsp3) is 0.231. The highest BCUT2D eigenvalue weighted by Gasteiger charge is 2.23. The summed E-state index contributed by atoms with van der Waals surface area (Å²) >= 11 is 0. The SMILES string of the molecule is O=C(O)C=Cc1cccc(NC(=O)NC2CC2)c1. The van der Waals surface area contributed by atoms with Gasteiger partial charge < -0.3 is 15.7 Å². The molecule has 0 spiro atoms. The first-order chi connectivity index (χ1) is 8.63. The van der Waals surface area contributed by atoms with E-state index in [1.54, 1.807) is 24.3 Å². The minimum Gasteiger partial charge on any atom is -0.478 e. The van der Waals surface area contributed by atoms with Crippen molar-refractivity contribution in [1.82, 2.24) is 5.32 Å². The molecule has 5 heteroatoms. The maximum atomic E-state index is 11.5. The Morgan fingerprint density at radius 3 is 2.78 bits per heavy atom. The van der Waals surface area contributed by atoms with Crippen LogP contribution in [-0.2, 0) is 4.79 Å². The minimum absolute atomic E-state index is 0.225. The molecular formula is C13H14N2O3. The Morgan fingerprint density at radius 2 is 2.11 bits per heavy atom. The molecule has 0 radical (unpaired) electrons. The normalized spacial score (nSPS) is 14.4. The van der Waals surface area contributed by atoms with Gasteiger partial charge in [0, 0.05) is 17.8 Å². The molecule has 1 aliphatic carbocycles. The number of carboxylic acids is 1. The molecule has 0 unspecified atom stereocenters. The summed E-state index contributed by atoms with van der Waals surface area (Å²) in [4.78, 5) is 21.9. The highest BCUT2D eigenvalue weighted by molar-refractivity contribution is 5.90. The molecule has 18 heavy (non-hydrogen) atoms. The van der Waals surface area contributed by atoms with Gasteiger partial charge in [0.05, 0.1) is 0 Å². The Hall–Kier alpha value is -2.30. The Balaban J connectivity index is 1.97. The summed E-state index contributed by atoms with van der Waals surface area (Å²) in [6.07, 6.45) is 4.61. The number of benzene rings is 1. The van der Waals surface area contributed by atoms with Crippen molar-refractivity contribution < 1.29 is 14.7 Å². The number of carbonyl (C=O) groups is 2. The average Bonchev–Trinajstić information content (AvgIpc) is 3.10. The molecule has 1 fully saturated rings. The summed E-state index contributed by atoms with van der Waals surface area (Å²) < 4.78 is 0. The van der Waals surface area contributed by atoms with Crippen molar-refractivity contribution in [3.8, 4) is 0 Å². The van der Waals surface area contributed by atoms with Crippen LogP contribution in [0.4, 0.5) is 10.5 Å². The van der Waals surface area contributed by atoms with Crippen LogP contribution in [0, 0.1) is 0 Å². The van der Waals surface area contributed by atoms with Gasteiger partial charge in [0.15, 0.2) is 0 Å². The van der Waals surface area contributed by atoms with Gasteiger partial charge in [-0.2, -0.15) is 0 Å². The summed E-state index contributed by atoms with van der Waals surface area (Å²) in [5, 5.41) is 14.0. The number of urea groups is 1. The van der Waals surface area contributed by atoms with Crippen LogP contribution in [0.2, 0.25) is 0 Å². The predicted molar refractivity (Wildman–Crippen MR) is 68.3 cm³/mol. The quantitative estimate of drug-likeness (QED) is 0.711. The van der Waals surface area contributed by atoms with E-state index >= 15 is 0 Å². The zero-order chi connectivity index (χ0) is 13.0. The lowest BCUT2D eigenvalue weighted by atomic mass is 10.2. The van der Waals surface area contributed by atoms with Crippen molar-refractivity contribution in [2.45, 2.75) is 18.9 Å². The Bertz CT molecular complexity index is 493. The average molecular weight is 246 g/mol. The number of rotatable bonds is 4. The summed E-state index contributed by atoms with van der Waals surface area (Å²) in [6, 6.07) is 7.07. The molecule has 94 valence electrons. The molecule has 1 aliphatic rings. The maximum Gasteiger partial charge on any atom is 0.328 e. The van der Waals surface area contributed by atoms with Crippen LogP contribution < -0.4 is 10.6 Å². The Labute approximate surface area is 105 Å². The van der Waals surface area contributed by atoms with Gasteiger partial charge in [-0.1, -0.05) is 12.1 Å². The van der Waals surface area contributed by atoms with E-state index in [1.807, 2.05) is 0 Å². The Morgan fingerprint density at radius 1 is 1.33 bits per heavy atom. The first-order valence-electron chi connectivity index (χ1n) is 5.72. The maximum absolute atomic E-state index is 11.5. The molecule has 2 rings (SSSR count). The molecule has 3 N–H and O–H groups in total. The third kappa shape index (κ3) is 3.93. The van der Waals surface area contributed by atoms with Crippen molar-refractivity contribution in [2.24, 2.45) is 0 Å². The smallest absolute Gasteiger partial charge is 0.328 e. The van der Waals surface area contributed by atoms with Gasteiger partial charge in [0.2, 0.25) is 0 Å². The van der Waals surface area contributed by atoms with E-state index in [4.69, 9.17) is 5.11 Å². The third-order valence-corrected chi connectivity index (χ3v) is 2.48. The van der Waals surface area contributed by atoms with E-state index in [1.165, 1.54) is 6.08 Å². The largest absolute Gasteiger partial charge is 0.478 e. The molecule has 0 aliphatic heterocycles. The van der Waals surface area contributed by atoms with Gasteiger partial charge >= 0.3 is 12.0 Å².